The van der Waals surface area contributed by atoms with Crippen LogP contribution in [0, 0.1) is 0 Å². The summed E-state index contributed by atoms with van der Waals surface area (Å²) in [6.45, 7) is 0. The molecular formula is C20H21NO9. The van der Waals surface area contributed by atoms with Crippen molar-refractivity contribution in [2.24, 2.45) is 5.73 Å². The van der Waals surface area contributed by atoms with E-state index >= 15 is 0 Å². The van der Waals surface area contributed by atoms with E-state index in [1.165, 1.54) is 36.4 Å². The van der Waals surface area contributed by atoms with Crippen molar-refractivity contribution in [3.8, 4) is 11.5 Å². The highest BCUT2D eigenvalue weighted by atomic mass is 16.5. The van der Waals surface area contributed by atoms with Crippen molar-refractivity contribution in [3.05, 3.63) is 59.7 Å². The number of nitrogens with two attached hydrogens (primary N) is 1. The largest absolute Gasteiger partial charge is 0.508 e. The average Bonchev–Trinajstić information content (AvgIpc) is 2.69. The molecule has 30 heavy (non-hydrogen) atoms. The van der Waals surface area contributed by atoms with Gasteiger partial charge in [0.05, 0.1) is 18.4 Å². The maximum Gasteiger partial charge on any atom is 0.335 e. The SMILES string of the molecule is N[C@@H](Cc1ccc(O)cc1)C(=O)Oc1ccc(C(=O)O)cc1.O=C(O)CCC(=O)O. The van der Waals surface area contributed by atoms with Gasteiger partial charge >= 0.3 is 23.9 Å². The Morgan fingerprint density at radius 1 is 0.833 bits per heavy atom. The molecular weight excluding hydrogens is 398 g/mol. The number of rotatable bonds is 8. The minimum Gasteiger partial charge on any atom is -0.508 e. The molecule has 10 heteroatoms. The number of esters is 1. The van der Waals surface area contributed by atoms with Crippen LogP contribution in [0.4, 0.5) is 0 Å². The third-order valence-corrected chi connectivity index (χ3v) is 3.57. The Balaban J connectivity index is 0.000000479. The smallest absolute Gasteiger partial charge is 0.335 e. The normalized spacial score (nSPS) is 10.8. The Labute approximate surface area is 171 Å². The predicted octanol–water partition coefficient (Wildman–Crippen LogP) is 1.50. The number of phenolic OH excluding ortho intramolecular Hbond substituents is 1. The van der Waals surface area contributed by atoms with Gasteiger partial charge in [-0.25, -0.2) is 9.59 Å². The van der Waals surface area contributed by atoms with Gasteiger partial charge in [-0.2, -0.15) is 0 Å². The van der Waals surface area contributed by atoms with Crippen LogP contribution in [0.15, 0.2) is 48.5 Å². The van der Waals surface area contributed by atoms with Crippen molar-refractivity contribution in [3.63, 3.8) is 0 Å². The topological polar surface area (TPSA) is 184 Å². The maximum atomic E-state index is 11.9. The number of carboxylic acid groups (broad SMARTS) is 3. The van der Waals surface area contributed by atoms with Gasteiger partial charge in [-0.3, -0.25) is 9.59 Å². The summed E-state index contributed by atoms with van der Waals surface area (Å²) < 4.78 is 5.10. The van der Waals surface area contributed by atoms with E-state index in [4.69, 9.17) is 25.8 Å². The van der Waals surface area contributed by atoms with Gasteiger partial charge in [0.25, 0.3) is 0 Å². The molecule has 0 radical (unpaired) electrons. The maximum absolute atomic E-state index is 11.9. The summed E-state index contributed by atoms with van der Waals surface area (Å²) in [4.78, 5) is 41.9. The zero-order valence-electron chi connectivity index (χ0n) is 15.7. The monoisotopic (exact) mass is 419 g/mol. The average molecular weight is 419 g/mol. The second-order valence-electron chi connectivity index (χ2n) is 6.02. The number of ether oxygens (including phenoxy) is 1. The Bertz CT molecular complexity index is 862. The van der Waals surface area contributed by atoms with E-state index in [2.05, 4.69) is 0 Å². The van der Waals surface area contributed by atoms with Crippen molar-refractivity contribution in [1.29, 1.82) is 0 Å². The highest BCUT2D eigenvalue weighted by molar-refractivity contribution is 5.87. The van der Waals surface area contributed by atoms with Crippen LogP contribution in [0.5, 0.6) is 11.5 Å². The van der Waals surface area contributed by atoms with Crippen LogP contribution in [-0.2, 0) is 20.8 Å². The molecule has 0 saturated carbocycles. The molecule has 0 spiro atoms. The Hall–Kier alpha value is -3.92. The van der Waals surface area contributed by atoms with Gasteiger partial charge in [-0.1, -0.05) is 12.1 Å². The third kappa shape index (κ3) is 9.33. The van der Waals surface area contributed by atoms with Crippen LogP contribution in [0.2, 0.25) is 0 Å². The van der Waals surface area contributed by atoms with Crippen LogP contribution >= 0.6 is 0 Å². The molecule has 1 atom stereocenters. The van der Waals surface area contributed by atoms with E-state index in [0.717, 1.165) is 5.56 Å². The van der Waals surface area contributed by atoms with Gasteiger partial charge in [-0.15, -0.1) is 0 Å². The number of aromatic hydroxyl groups is 1. The summed E-state index contributed by atoms with van der Waals surface area (Å²) in [5, 5.41) is 33.8. The van der Waals surface area contributed by atoms with E-state index < -0.39 is 29.9 Å². The van der Waals surface area contributed by atoms with Crippen LogP contribution in [0.1, 0.15) is 28.8 Å². The van der Waals surface area contributed by atoms with Crippen LogP contribution in [-0.4, -0.2) is 50.3 Å². The quantitative estimate of drug-likeness (QED) is 0.310. The molecule has 0 unspecified atom stereocenters. The summed E-state index contributed by atoms with van der Waals surface area (Å²) in [7, 11) is 0. The highest BCUT2D eigenvalue weighted by Crippen LogP contribution is 2.14. The number of hydrogen-bond acceptors (Lipinski definition) is 7. The fourth-order valence-electron chi connectivity index (χ4n) is 2.04. The van der Waals surface area contributed by atoms with E-state index in [9.17, 15) is 24.3 Å². The summed E-state index contributed by atoms with van der Waals surface area (Å²) in [6, 6.07) is 11.0. The lowest BCUT2D eigenvalue weighted by Crippen LogP contribution is -2.36. The van der Waals surface area contributed by atoms with E-state index in [0.29, 0.717) is 0 Å². The number of aliphatic carboxylic acids is 2. The summed E-state index contributed by atoms with van der Waals surface area (Å²) in [5.41, 5.74) is 6.68. The molecule has 0 aliphatic heterocycles. The van der Waals surface area contributed by atoms with E-state index in [1.807, 2.05) is 0 Å². The molecule has 10 nitrogen and oxygen atoms in total. The molecule has 160 valence electrons. The predicted molar refractivity (Wildman–Crippen MR) is 103 cm³/mol. The number of carbonyl (C=O) groups is 4. The standard InChI is InChI=1S/C16H15NO5.C4H6O4/c17-14(9-10-1-5-12(18)6-2-10)16(21)22-13-7-3-11(4-8-13)15(19)20;5-3(6)1-2-4(7)8/h1-8,14,18H,9,17H2,(H,19,20);1-2H2,(H,5,6)(H,7,8)/t14-;/m0./s1. The van der Waals surface area contributed by atoms with E-state index in [1.54, 1.807) is 12.1 Å². The van der Waals surface area contributed by atoms with Crippen LogP contribution in [0.3, 0.4) is 0 Å². The van der Waals surface area contributed by atoms with Crippen LogP contribution in [0.25, 0.3) is 0 Å². The summed E-state index contributed by atoms with van der Waals surface area (Å²) >= 11 is 0. The van der Waals surface area contributed by atoms with Crippen molar-refractivity contribution < 1.29 is 44.3 Å². The Morgan fingerprint density at radius 3 is 1.77 bits per heavy atom. The molecule has 0 heterocycles. The molecule has 2 aromatic rings. The summed E-state index contributed by atoms with van der Waals surface area (Å²) in [6.07, 6.45) is -0.322. The van der Waals surface area contributed by atoms with E-state index in [-0.39, 0.29) is 36.3 Å². The third-order valence-electron chi connectivity index (χ3n) is 3.57. The first kappa shape index (κ1) is 24.1. The van der Waals surface area contributed by atoms with Gasteiger partial charge in [0.1, 0.15) is 17.5 Å². The van der Waals surface area contributed by atoms with Crippen molar-refractivity contribution in [2.75, 3.05) is 0 Å². The molecule has 0 aliphatic carbocycles. The fraction of sp³-hybridized carbons (Fsp3) is 0.200. The van der Waals surface area contributed by atoms with Gasteiger partial charge in [0, 0.05) is 0 Å². The lowest BCUT2D eigenvalue weighted by Gasteiger charge is -2.11. The molecule has 2 aromatic carbocycles. The second-order valence-corrected chi connectivity index (χ2v) is 6.02. The zero-order valence-corrected chi connectivity index (χ0v) is 15.7. The molecule has 0 aromatic heterocycles. The number of carboxylic acids is 3. The lowest BCUT2D eigenvalue weighted by molar-refractivity contribution is -0.143. The van der Waals surface area contributed by atoms with Crippen LogP contribution < -0.4 is 10.5 Å². The highest BCUT2D eigenvalue weighted by Gasteiger charge is 2.17. The first-order valence-electron chi connectivity index (χ1n) is 8.60. The lowest BCUT2D eigenvalue weighted by atomic mass is 10.1. The number of phenols is 1. The Morgan fingerprint density at radius 2 is 1.33 bits per heavy atom. The first-order valence-corrected chi connectivity index (χ1v) is 8.60. The fourth-order valence-corrected chi connectivity index (χ4v) is 2.04. The van der Waals surface area contributed by atoms with Crippen molar-refractivity contribution in [1.82, 2.24) is 0 Å². The minimum atomic E-state index is -1.08. The second kappa shape index (κ2) is 11.8. The van der Waals surface area contributed by atoms with Gasteiger partial charge in [0.15, 0.2) is 0 Å². The first-order chi connectivity index (χ1) is 14.1. The number of carbonyl (C=O) groups excluding carboxylic acids is 1. The molecule has 2 rings (SSSR count). The molecule has 0 bridgehead atoms. The number of hydrogen-bond donors (Lipinski definition) is 5. The zero-order chi connectivity index (χ0) is 22.7. The molecule has 0 amide bonds. The number of aromatic carboxylic acids is 1. The van der Waals surface area contributed by atoms with Gasteiger partial charge < -0.3 is 30.9 Å². The summed E-state index contributed by atoms with van der Waals surface area (Å²) in [5.74, 6) is -3.45. The van der Waals surface area contributed by atoms with Gasteiger partial charge in [-0.05, 0) is 48.4 Å². The molecule has 0 saturated heterocycles. The molecule has 0 fully saturated rings. The number of benzene rings is 2. The molecule has 6 N–H and O–H groups in total. The molecule has 0 aliphatic rings. The van der Waals surface area contributed by atoms with Crippen molar-refractivity contribution in [2.45, 2.75) is 25.3 Å². The Kier molecular flexibility index (Phi) is 9.50. The van der Waals surface area contributed by atoms with Gasteiger partial charge in [0.2, 0.25) is 0 Å². The minimum absolute atomic E-state index is 0.105. The van der Waals surface area contributed by atoms with Crippen molar-refractivity contribution >= 4 is 23.9 Å².